The van der Waals surface area contributed by atoms with Crippen LogP contribution in [0.5, 0.6) is 5.75 Å². The summed E-state index contributed by atoms with van der Waals surface area (Å²) in [6.07, 6.45) is 3.99. The van der Waals surface area contributed by atoms with Crippen LogP contribution in [0.2, 0.25) is 0 Å². The first-order valence-corrected chi connectivity index (χ1v) is 7.92. The maximum atomic E-state index is 6.31. The molecule has 0 aliphatic heterocycles. The molecule has 0 radical (unpaired) electrons. The molecule has 0 heterocycles. The average molecular weight is 275 g/mol. The van der Waals surface area contributed by atoms with Crippen molar-refractivity contribution < 1.29 is 4.74 Å². The van der Waals surface area contributed by atoms with Crippen LogP contribution in [-0.2, 0) is 0 Å². The summed E-state index contributed by atoms with van der Waals surface area (Å²) in [5.74, 6) is 2.55. The molecule has 1 aromatic rings. The molecule has 0 spiro atoms. The van der Waals surface area contributed by atoms with Crippen molar-refractivity contribution in [2.45, 2.75) is 59.1 Å². The van der Waals surface area contributed by atoms with Gasteiger partial charge in [-0.15, -0.1) is 0 Å². The van der Waals surface area contributed by atoms with Crippen LogP contribution in [-0.4, -0.2) is 19.2 Å². The van der Waals surface area contributed by atoms with Gasteiger partial charge in [-0.3, -0.25) is 0 Å². The molecule has 0 aromatic heterocycles. The Bertz CT molecular complexity index is 441. The highest BCUT2D eigenvalue weighted by atomic mass is 16.5. The Morgan fingerprint density at radius 3 is 2.50 bits per heavy atom. The summed E-state index contributed by atoms with van der Waals surface area (Å²) in [6, 6.07) is 6.91. The van der Waals surface area contributed by atoms with Gasteiger partial charge >= 0.3 is 0 Å². The van der Waals surface area contributed by atoms with Crippen LogP contribution >= 0.6 is 0 Å². The van der Waals surface area contributed by atoms with Gasteiger partial charge in [0, 0.05) is 6.04 Å². The predicted molar refractivity (Wildman–Crippen MR) is 85.4 cm³/mol. The Morgan fingerprint density at radius 1 is 1.15 bits per heavy atom. The number of benzene rings is 1. The second-order valence-corrected chi connectivity index (χ2v) is 6.61. The normalized spacial score (nSPS) is 26.8. The van der Waals surface area contributed by atoms with Crippen molar-refractivity contribution in [3.8, 4) is 5.75 Å². The number of aryl methyl sites for hydroxylation is 2. The topological polar surface area (TPSA) is 21.3 Å². The van der Waals surface area contributed by atoms with Crippen LogP contribution < -0.4 is 10.1 Å². The smallest absolute Gasteiger partial charge is 0.120 e. The third-order valence-corrected chi connectivity index (χ3v) is 4.91. The monoisotopic (exact) mass is 275 g/mol. The molecule has 3 unspecified atom stereocenters. The van der Waals surface area contributed by atoms with Gasteiger partial charge in [0.05, 0.1) is 0 Å². The molecule has 3 atom stereocenters. The lowest BCUT2D eigenvalue weighted by Gasteiger charge is -2.37. The molecule has 1 fully saturated rings. The first-order chi connectivity index (χ1) is 9.51. The first kappa shape index (κ1) is 15.4. The van der Waals surface area contributed by atoms with Gasteiger partial charge in [0.15, 0.2) is 0 Å². The Kier molecular flexibility index (Phi) is 5.09. The number of nitrogens with one attached hydrogen (secondary N) is 1. The molecular formula is C18H29NO. The van der Waals surface area contributed by atoms with Crippen LogP contribution in [0.15, 0.2) is 18.2 Å². The van der Waals surface area contributed by atoms with E-state index < -0.39 is 0 Å². The van der Waals surface area contributed by atoms with Gasteiger partial charge in [-0.2, -0.15) is 0 Å². The molecule has 1 N–H and O–H groups in total. The van der Waals surface area contributed by atoms with E-state index >= 15 is 0 Å². The summed E-state index contributed by atoms with van der Waals surface area (Å²) in [7, 11) is 2.05. The molecular weight excluding hydrogens is 246 g/mol. The van der Waals surface area contributed by atoms with E-state index in [1.807, 2.05) is 0 Å². The number of hydrogen-bond donors (Lipinski definition) is 1. The lowest BCUT2D eigenvalue weighted by atomic mass is 9.78. The largest absolute Gasteiger partial charge is 0.489 e. The quantitative estimate of drug-likeness (QED) is 0.893. The van der Waals surface area contributed by atoms with E-state index in [2.05, 4.69) is 58.3 Å². The highest BCUT2D eigenvalue weighted by Gasteiger charge is 2.32. The molecule has 2 nitrogen and oxygen atoms in total. The zero-order valence-electron chi connectivity index (χ0n) is 13.6. The van der Waals surface area contributed by atoms with Gasteiger partial charge in [-0.05, 0) is 75.3 Å². The van der Waals surface area contributed by atoms with Crippen molar-refractivity contribution in [2.75, 3.05) is 7.05 Å². The summed E-state index contributed by atoms with van der Waals surface area (Å²) < 4.78 is 6.31. The number of likely N-dealkylation sites (N-methyl/N-ethyl adjacent to an activating group) is 1. The van der Waals surface area contributed by atoms with Gasteiger partial charge in [-0.25, -0.2) is 0 Å². The van der Waals surface area contributed by atoms with Gasteiger partial charge in [0.25, 0.3) is 0 Å². The highest BCUT2D eigenvalue weighted by molar-refractivity contribution is 5.34. The zero-order chi connectivity index (χ0) is 14.7. The average Bonchev–Trinajstić information content (AvgIpc) is 2.42. The molecule has 2 rings (SSSR count). The van der Waals surface area contributed by atoms with Crippen molar-refractivity contribution >= 4 is 0 Å². The lowest BCUT2D eigenvalue weighted by molar-refractivity contribution is 0.0749. The van der Waals surface area contributed by atoms with E-state index in [-0.39, 0.29) is 0 Å². The fraction of sp³-hybridized carbons (Fsp3) is 0.667. The molecule has 1 aromatic carbocycles. The number of rotatable bonds is 4. The molecule has 0 bridgehead atoms. The maximum Gasteiger partial charge on any atom is 0.120 e. The molecule has 2 heteroatoms. The first-order valence-electron chi connectivity index (χ1n) is 7.92. The van der Waals surface area contributed by atoms with Crippen molar-refractivity contribution in [2.24, 2.45) is 11.8 Å². The molecule has 1 aliphatic rings. The standard InChI is InChI=1S/C18H29NO/c1-12(2)15-7-9-17(19-5)18(11-15)20-16-8-6-13(3)14(4)10-16/h6,8,10,12,15,17-19H,7,9,11H2,1-5H3. The second kappa shape index (κ2) is 6.62. The summed E-state index contributed by atoms with van der Waals surface area (Å²) in [4.78, 5) is 0. The van der Waals surface area contributed by atoms with Crippen molar-refractivity contribution in [1.82, 2.24) is 5.32 Å². The summed E-state index contributed by atoms with van der Waals surface area (Å²) in [5, 5.41) is 3.43. The van der Waals surface area contributed by atoms with E-state index in [1.54, 1.807) is 0 Å². The summed E-state index contributed by atoms with van der Waals surface area (Å²) in [6.45, 7) is 8.95. The molecule has 112 valence electrons. The van der Waals surface area contributed by atoms with E-state index in [0.29, 0.717) is 12.1 Å². The van der Waals surface area contributed by atoms with E-state index in [1.165, 1.54) is 24.0 Å². The SMILES string of the molecule is CNC1CCC(C(C)C)CC1Oc1ccc(C)c(C)c1. The fourth-order valence-electron chi connectivity index (χ4n) is 3.19. The lowest BCUT2D eigenvalue weighted by Crippen LogP contribution is -2.46. The predicted octanol–water partition coefficient (Wildman–Crippen LogP) is 4.09. The third kappa shape index (κ3) is 3.54. The maximum absolute atomic E-state index is 6.31. The minimum atomic E-state index is 0.295. The zero-order valence-corrected chi connectivity index (χ0v) is 13.6. The van der Waals surface area contributed by atoms with Crippen LogP contribution in [0.3, 0.4) is 0 Å². The Morgan fingerprint density at radius 2 is 1.90 bits per heavy atom. The van der Waals surface area contributed by atoms with Crippen molar-refractivity contribution in [1.29, 1.82) is 0 Å². The molecule has 1 aliphatic carbocycles. The molecule has 0 amide bonds. The van der Waals surface area contributed by atoms with E-state index in [9.17, 15) is 0 Å². The Hall–Kier alpha value is -1.02. The fourth-order valence-corrected chi connectivity index (χ4v) is 3.19. The minimum Gasteiger partial charge on any atom is -0.489 e. The van der Waals surface area contributed by atoms with Crippen molar-refractivity contribution in [3.05, 3.63) is 29.3 Å². The van der Waals surface area contributed by atoms with Crippen LogP contribution in [0.4, 0.5) is 0 Å². The highest BCUT2D eigenvalue weighted by Crippen LogP contribution is 2.32. The number of hydrogen-bond acceptors (Lipinski definition) is 2. The van der Waals surface area contributed by atoms with Gasteiger partial charge in [0.2, 0.25) is 0 Å². The summed E-state index contributed by atoms with van der Waals surface area (Å²) >= 11 is 0. The van der Waals surface area contributed by atoms with Crippen LogP contribution in [0.25, 0.3) is 0 Å². The van der Waals surface area contributed by atoms with Gasteiger partial charge in [-0.1, -0.05) is 19.9 Å². The summed E-state index contributed by atoms with van der Waals surface area (Å²) in [5.41, 5.74) is 2.63. The van der Waals surface area contributed by atoms with E-state index in [0.717, 1.165) is 24.0 Å². The second-order valence-electron chi connectivity index (χ2n) is 6.61. The van der Waals surface area contributed by atoms with Gasteiger partial charge in [0.1, 0.15) is 11.9 Å². The Labute approximate surface area is 123 Å². The number of ether oxygens (including phenoxy) is 1. The molecule has 20 heavy (non-hydrogen) atoms. The van der Waals surface area contributed by atoms with Crippen LogP contribution in [0.1, 0.15) is 44.2 Å². The molecule has 1 saturated carbocycles. The Balaban J connectivity index is 2.09. The third-order valence-electron chi connectivity index (χ3n) is 4.91. The minimum absolute atomic E-state index is 0.295. The molecule has 0 saturated heterocycles. The van der Waals surface area contributed by atoms with E-state index in [4.69, 9.17) is 4.74 Å². The van der Waals surface area contributed by atoms with Crippen LogP contribution in [0, 0.1) is 25.7 Å². The van der Waals surface area contributed by atoms with Crippen molar-refractivity contribution in [3.63, 3.8) is 0 Å². The van der Waals surface area contributed by atoms with Gasteiger partial charge < -0.3 is 10.1 Å².